The number of hydrogen-bond donors (Lipinski definition) is 1. The van der Waals surface area contributed by atoms with Crippen LogP contribution in [0.5, 0.6) is 0 Å². The molecule has 0 aliphatic carbocycles. The summed E-state index contributed by atoms with van der Waals surface area (Å²) in [6, 6.07) is 5.14. The summed E-state index contributed by atoms with van der Waals surface area (Å²) < 4.78 is 14.2. The number of carboxylic acid groups (broad SMARTS) is 1. The fourth-order valence-electron chi connectivity index (χ4n) is 2.30. The van der Waals surface area contributed by atoms with E-state index in [1.54, 1.807) is 12.1 Å². The third-order valence-electron chi connectivity index (χ3n) is 3.58. The minimum atomic E-state index is -1.04. The highest BCUT2D eigenvalue weighted by Gasteiger charge is 2.26. The number of benzene rings is 1. The normalized spacial score (nSPS) is 23.2. The summed E-state index contributed by atoms with van der Waals surface area (Å²) in [6.45, 7) is 5.09. The minimum Gasteiger partial charge on any atom is -0.478 e. The molecule has 1 aliphatic rings. The predicted octanol–water partition coefficient (Wildman–Crippen LogP) is 3.25. The van der Waals surface area contributed by atoms with Crippen LogP contribution in [0.25, 0.3) is 6.08 Å². The van der Waals surface area contributed by atoms with E-state index < -0.39 is 5.97 Å². The van der Waals surface area contributed by atoms with Crippen LogP contribution in [0.4, 0.5) is 10.1 Å². The molecule has 0 aromatic heterocycles. The average Bonchev–Trinajstić information content (AvgIpc) is 2.40. The second-order valence-corrected chi connectivity index (χ2v) is 6.38. The molecule has 1 N–H and O–H groups in total. The van der Waals surface area contributed by atoms with Crippen LogP contribution in [-0.2, 0) is 4.79 Å². The first-order valence-electron chi connectivity index (χ1n) is 6.58. The third kappa shape index (κ3) is 3.33. The number of halogens is 1. The Morgan fingerprint density at radius 2 is 2.25 bits per heavy atom. The molecule has 0 spiro atoms. The Bertz CT molecular complexity index is 533. The Morgan fingerprint density at radius 1 is 1.50 bits per heavy atom. The molecule has 108 valence electrons. The lowest BCUT2D eigenvalue weighted by Crippen LogP contribution is -2.45. The summed E-state index contributed by atoms with van der Waals surface area (Å²) in [6.07, 6.45) is 2.41. The van der Waals surface area contributed by atoms with Gasteiger partial charge in [-0.2, -0.15) is 11.8 Å². The van der Waals surface area contributed by atoms with Crippen LogP contribution in [0.3, 0.4) is 0 Å². The molecule has 1 aliphatic heterocycles. The van der Waals surface area contributed by atoms with Crippen molar-refractivity contribution in [3.63, 3.8) is 0 Å². The van der Waals surface area contributed by atoms with Gasteiger partial charge in [0.05, 0.1) is 5.69 Å². The Morgan fingerprint density at radius 3 is 2.90 bits per heavy atom. The Hall–Kier alpha value is -1.49. The fourth-order valence-corrected chi connectivity index (χ4v) is 3.40. The van der Waals surface area contributed by atoms with Crippen molar-refractivity contribution in [2.45, 2.75) is 25.1 Å². The van der Waals surface area contributed by atoms with Crippen molar-refractivity contribution in [2.75, 3.05) is 17.2 Å². The van der Waals surface area contributed by atoms with E-state index in [9.17, 15) is 9.18 Å². The van der Waals surface area contributed by atoms with Crippen molar-refractivity contribution in [1.29, 1.82) is 0 Å². The van der Waals surface area contributed by atoms with Gasteiger partial charge in [0.25, 0.3) is 0 Å². The lowest BCUT2D eigenvalue weighted by atomic mass is 10.1. The van der Waals surface area contributed by atoms with Crippen LogP contribution in [0.2, 0.25) is 0 Å². The molecule has 1 saturated heterocycles. The molecular weight excluding hydrogens is 277 g/mol. The van der Waals surface area contributed by atoms with E-state index in [0.717, 1.165) is 18.4 Å². The highest BCUT2D eigenvalue weighted by Crippen LogP contribution is 2.31. The van der Waals surface area contributed by atoms with E-state index in [-0.39, 0.29) is 11.9 Å². The van der Waals surface area contributed by atoms with Gasteiger partial charge in [-0.1, -0.05) is 13.0 Å². The van der Waals surface area contributed by atoms with Crippen molar-refractivity contribution < 1.29 is 14.3 Å². The SMILES string of the molecule is CC1SCCN(c2ccc(/C=C/C(=O)O)cc2F)C1C. The van der Waals surface area contributed by atoms with Gasteiger partial charge < -0.3 is 10.0 Å². The third-order valence-corrected chi connectivity index (χ3v) is 4.92. The number of thioether (sulfide) groups is 1. The van der Waals surface area contributed by atoms with E-state index >= 15 is 0 Å². The number of hydrogen-bond acceptors (Lipinski definition) is 3. The summed E-state index contributed by atoms with van der Waals surface area (Å²) in [5, 5.41) is 9.04. The van der Waals surface area contributed by atoms with Gasteiger partial charge in [0.2, 0.25) is 0 Å². The zero-order valence-electron chi connectivity index (χ0n) is 11.5. The average molecular weight is 295 g/mol. The molecule has 3 nitrogen and oxygen atoms in total. The van der Waals surface area contributed by atoms with Gasteiger partial charge in [-0.3, -0.25) is 0 Å². The highest BCUT2D eigenvalue weighted by molar-refractivity contribution is 8.00. The molecule has 1 aromatic carbocycles. The molecule has 1 aromatic rings. The van der Waals surface area contributed by atoms with Gasteiger partial charge in [0, 0.05) is 29.7 Å². The van der Waals surface area contributed by atoms with Crippen LogP contribution in [0, 0.1) is 5.82 Å². The van der Waals surface area contributed by atoms with Gasteiger partial charge >= 0.3 is 5.97 Å². The molecule has 2 atom stereocenters. The molecule has 1 heterocycles. The number of nitrogens with zero attached hydrogens (tertiary/aromatic N) is 1. The zero-order valence-corrected chi connectivity index (χ0v) is 12.4. The van der Waals surface area contributed by atoms with Gasteiger partial charge in [-0.15, -0.1) is 0 Å². The summed E-state index contributed by atoms with van der Waals surface area (Å²) in [7, 11) is 0. The summed E-state index contributed by atoms with van der Waals surface area (Å²) in [5.74, 6) is -0.348. The Kier molecular flexibility index (Phi) is 4.70. The predicted molar refractivity (Wildman–Crippen MR) is 81.8 cm³/mol. The largest absolute Gasteiger partial charge is 0.478 e. The number of carbonyl (C=O) groups is 1. The van der Waals surface area contributed by atoms with Crippen molar-refractivity contribution in [2.24, 2.45) is 0 Å². The van der Waals surface area contributed by atoms with E-state index in [1.807, 2.05) is 11.8 Å². The van der Waals surface area contributed by atoms with E-state index in [4.69, 9.17) is 5.11 Å². The highest BCUT2D eigenvalue weighted by atomic mass is 32.2. The summed E-state index contributed by atoms with van der Waals surface area (Å²) in [5.41, 5.74) is 1.15. The lowest BCUT2D eigenvalue weighted by molar-refractivity contribution is -0.131. The van der Waals surface area contributed by atoms with E-state index in [0.29, 0.717) is 16.5 Å². The molecule has 5 heteroatoms. The zero-order chi connectivity index (χ0) is 14.7. The van der Waals surface area contributed by atoms with Crippen molar-refractivity contribution in [1.82, 2.24) is 0 Å². The topological polar surface area (TPSA) is 40.5 Å². The quantitative estimate of drug-likeness (QED) is 0.869. The molecular formula is C15H18FNO2S. The van der Waals surface area contributed by atoms with Gasteiger partial charge in [0.1, 0.15) is 5.82 Å². The maximum atomic E-state index is 14.2. The van der Waals surface area contributed by atoms with Crippen LogP contribution in [0.15, 0.2) is 24.3 Å². The fraction of sp³-hybridized carbons (Fsp3) is 0.400. The Labute approximate surface area is 122 Å². The number of rotatable bonds is 3. The molecule has 2 unspecified atom stereocenters. The molecule has 2 rings (SSSR count). The standard InChI is InChI=1S/C15H18FNO2S/c1-10-11(2)20-8-7-17(10)14-5-3-12(9-13(14)16)4-6-15(18)19/h3-6,9-11H,7-8H2,1-2H3,(H,18,19)/b6-4+. The Balaban J connectivity index is 2.23. The monoisotopic (exact) mass is 295 g/mol. The maximum absolute atomic E-state index is 14.2. The van der Waals surface area contributed by atoms with Gasteiger partial charge in [-0.05, 0) is 30.7 Å². The first kappa shape index (κ1) is 14.9. The molecule has 20 heavy (non-hydrogen) atoms. The molecule has 0 amide bonds. The molecule has 0 saturated carbocycles. The van der Waals surface area contributed by atoms with Crippen LogP contribution >= 0.6 is 11.8 Å². The van der Waals surface area contributed by atoms with Gasteiger partial charge in [0.15, 0.2) is 0 Å². The number of aliphatic carboxylic acids is 1. The molecule has 0 radical (unpaired) electrons. The van der Waals surface area contributed by atoms with Gasteiger partial charge in [-0.25, -0.2) is 9.18 Å². The van der Waals surface area contributed by atoms with E-state index in [1.165, 1.54) is 12.1 Å². The van der Waals surface area contributed by atoms with Crippen LogP contribution in [0.1, 0.15) is 19.4 Å². The first-order valence-corrected chi connectivity index (χ1v) is 7.62. The minimum absolute atomic E-state index is 0.281. The molecule has 0 bridgehead atoms. The van der Waals surface area contributed by atoms with Crippen molar-refractivity contribution >= 4 is 29.5 Å². The molecule has 1 fully saturated rings. The van der Waals surface area contributed by atoms with Crippen molar-refractivity contribution in [3.05, 3.63) is 35.7 Å². The maximum Gasteiger partial charge on any atom is 0.328 e. The van der Waals surface area contributed by atoms with Crippen molar-refractivity contribution in [3.8, 4) is 0 Å². The lowest BCUT2D eigenvalue weighted by Gasteiger charge is -2.39. The van der Waals surface area contributed by atoms with E-state index in [2.05, 4.69) is 18.7 Å². The van der Waals surface area contributed by atoms with Crippen LogP contribution in [-0.4, -0.2) is 34.7 Å². The summed E-state index contributed by atoms with van der Waals surface area (Å²) >= 11 is 1.90. The first-order chi connectivity index (χ1) is 9.49. The summed E-state index contributed by atoms with van der Waals surface area (Å²) in [4.78, 5) is 12.5. The van der Waals surface area contributed by atoms with Crippen LogP contribution < -0.4 is 4.90 Å². The number of anilines is 1. The number of carboxylic acids is 1. The second kappa shape index (κ2) is 6.31. The smallest absolute Gasteiger partial charge is 0.328 e. The second-order valence-electron chi connectivity index (χ2n) is 4.89.